The topological polar surface area (TPSA) is 20.3 Å². The van der Waals surface area contributed by atoms with Gasteiger partial charge >= 0.3 is 0 Å². The summed E-state index contributed by atoms with van der Waals surface area (Å²) in [7, 11) is 0. The van der Waals surface area contributed by atoms with E-state index in [4.69, 9.17) is 11.6 Å². The number of nitrogens with zero attached hydrogens (tertiary/aromatic N) is 1. The second kappa shape index (κ2) is 5.14. The molecule has 1 saturated heterocycles. The number of carbonyl (C=O) groups excluding carboxylic acids is 1. The largest absolute Gasteiger partial charge is 0.311 e. The molecule has 1 heterocycles. The van der Waals surface area contributed by atoms with Crippen molar-refractivity contribution in [1.82, 2.24) is 0 Å². The lowest BCUT2D eigenvalue weighted by Gasteiger charge is -2.18. The summed E-state index contributed by atoms with van der Waals surface area (Å²) < 4.78 is 1.07. The fourth-order valence-corrected chi connectivity index (χ4v) is 3.04. The van der Waals surface area contributed by atoms with Crippen LogP contribution in [0, 0.1) is 9.49 Å². The molecule has 1 aliphatic heterocycles. The zero-order valence-electron chi connectivity index (χ0n) is 8.49. The van der Waals surface area contributed by atoms with Crippen molar-refractivity contribution in [2.75, 3.05) is 17.2 Å². The van der Waals surface area contributed by atoms with Crippen LogP contribution in [0.1, 0.15) is 6.42 Å². The number of rotatable bonds is 2. The molecule has 0 aliphatic carbocycles. The number of anilines is 1. The van der Waals surface area contributed by atoms with Crippen LogP contribution in [0.3, 0.4) is 0 Å². The van der Waals surface area contributed by atoms with Crippen LogP contribution in [-0.4, -0.2) is 18.2 Å². The summed E-state index contributed by atoms with van der Waals surface area (Å²) >= 11 is 12.6. The first-order chi connectivity index (χ1) is 7.61. The molecule has 1 atom stereocenters. The molecule has 0 N–H and O–H groups in total. The Hall–Kier alpha value is 0.0600. The van der Waals surface area contributed by atoms with Gasteiger partial charge in [0.1, 0.15) is 0 Å². The summed E-state index contributed by atoms with van der Waals surface area (Å²) in [6.07, 6.45) is 0.575. The van der Waals surface area contributed by atoms with Gasteiger partial charge in [0.15, 0.2) is 0 Å². The highest BCUT2D eigenvalue weighted by Gasteiger charge is 2.30. The van der Waals surface area contributed by atoms with Gasteiger partial charge < -0.3 is 4.90 Å². The van der Waals surface area contributed by atoms with Crippen molar-refractivity contribution in [1.29, 1.82) is 0 Å². The maximum Gasteiger partial charge on any atom is 0.227 e. The average Bonchev–Trinajstić information content (AvgIpc) is 2.60. The minimum Gasteiger partial charge on any atom is -0.311 e. The highest BCUT2D eigenvalue weighted by atomic mass is 127. The van der Waals surface area contributed by atoms with E-state index in [1.54, 1.807) is 4.90 Å². The maximum atomic E-state index is 11.8. The molecule has 1 unspecified atom stereocenters. The van der Waals surface area contributed by atoms with Crippen LogP contribution >= 0.6 is 46.8 Å². The van der Waals surface area contributed by atoms with E-state index in [0.717, 1.165) is 21.6 Å². The quantitative estimate of drug-likeness (QED) is 0.628. The van der Waals surface area contributed by atoms with Crippen molar-refractivity contribution in [3.8, 4) is 0 Å². The number of hydrogen-bond acceptors (Lipinski definition) is 2. The second-order valence-corrected chi connectivity index (χ2v) is 5.87. The standard InChI is InChI=1S/C11H11ClINOS/c12-9-4-8(13)1-2-10(9)14-5-7(6-16)3-11(14)15/h1-2,4,7,16H,3,5-6H2. The van der Waals surface area contributed by atoms with Crippen LogP contribution < -0.4 is 4.90 Å². The van der Waals surface area contributed by atoms with E-state index in [9.17, 15) is 4.79 Å². The van der Waals surface area contributed by atoms with Crippen molar-refractivity contribution in [3.63, 3.8) is 0 Å². The Bertz CT molecular complexity index is 426. The van der Waals surface area contributed by atoms with E-state index in [0.29, 0.717) is 17.4 Å². The molecular weight excluding hydrogens is 357 g/mol. The summed E-state index contributed by atoms with van der Waals surface area (Å²) in [4.78, 5) is 13.6. The van der Waals surface area contributed by atoms with Crippen molar-refractivity contribution >= 4 is 58.4 Å². The van der Waals surface area contributed by atoms with Gasteiger partial charge in [-0.2, -0.15) is 12.6 Å². The minimum atomic E-state index is 0.141. The molecule has 0 bridgehead atoms. The third-order valence-corrected chi connectivity index (χ3v) is 4.15. The van der Waals surface area contributed by atoms with Gasteiger partial charge in [-0.3, -0.25) is 4.79 Å². The number of thiol groups is 1. The van der Waals surface area contributed by atoms with E-state index < -0.39 is 0 Å². The van der Waals surface area contributed by atoms with Crippen LogP contribution in [-0.2, 0) is 4.79 Å². The molecule has 16 heavy (non-hydrogen) atoms. The first kappa shape index (κ1) is 12.5. The molecule has 1 amide bonds. The van der Waals surface area contributed by atoms with Gasteiger partial charge in [-0.25, -0.2) is 0 Å². The Morgan fingerprint density at radius 2 is 2.31 bits per heavy atom. The van der Waals surface area contributed by atoms with E-state index >= 15 is 0 Å². The van der Waals surface area contributed by atoms with Gasteiger partial charge in [0.2, 0.25) is 5.91 Å². The summed E-state index contributed by atoms with van der Waals surface area (Å²) in [6.45, 7) is 0.725. The van der Waals surface area contributed by atoms with E-state index in [1.165, 1.54) is 0 Å². The molecule has 2 rings (SSSR count). The van der Waals surface area contributed by atoms with Crippen molar-refractivity contribution in [2.24, 2.45) is 5.92 Å². The molecule has 1 fully saturated rings. The Labute approximate surface area is 119 Å². The third kappa shape index (κ3) is 2.49. The predicted molar refractivity (Wildman–Crippen MR) is 78.5 cm³/mol. The zero-order chi connectivity index (χ0) is 11.7. The van der Waals surface area contributed by atoms with E-state index in [2.05, 4.69) is 35.2 Å². The van der Waals surface area contributed by atoms with Gasteiger partial charge in [-0.15, -0.1) is 0 Å². The van der Waals surface area contributed by atoms with Crippen LogP contribution in [0.2, 0.25) is 5.02 Å². The van der Waals surface area contributed by atoms with Gasteiger partial charge in [0.25, 0.3) is 0 Å². The molecule has 1 aliphatic rings. The summed E-state index contributed by atoms with van der Waals surface area (Å²) in [5.41, 5.74) is 0.816. The fraction of sp³-hybridized carbons (Fsp3) is 0.364. The maximum absolute atomic E-state index is 11.8. The summed E-state index contributed by atoms with van der Waals surface area (Å²) in [6, 6.07) is 5.74. The molecule has 2 nitrogen and oxygen atoms in total. The Morgan fingerprint density at radius 3 is 2.88 bits per heavy atom. The summed E-state index contributed by atoms with van der Waals surface area (Å²) in [5.74, 6) is 1.22. The molecule has 1 aromatic carbocycles. The SMILES string of the molecule is O=C1CC(CS)CN1c1ccc(I)cc1Cl. The number of carbonyl (C=O) groups is 1. The predicted octanol–water partition coefficient (Wildman–Crippen LogP) is 3.23. The first-order valence-corrected chi connectivity index (χ1v) is 7.07. The van der Waals surface area contributed by atoms with Crippen molar-refractivity contribution < 1.29 is 4.79 Å². The molecule has 5 heteroatoms. The molecule has 0 aromatic heterocycles. The fourth-order valence-electron chi connectivity index (χ4n) is 1.84. The Balaban J connectivity index is 2.28. The molecular formula is C11H11ClINOS. The molecule has 0 radical (unpaired) electrons. The lowest BCUT2D eigenvalue weighted by Crippen LogP contribution is -2.24. The van der Waals surface area contributed by atoms with Crippen LogP contribution in [0.5, 0.6) is 0 Å². The van der Waals surface area contributed by atoms with Crippen molar-refractivity contribution in [3.05, 3.63) is 26.8 Å². The lowest BCUT2D eigenvalue weighted by molar-refractivity contribution is -0.117. The minimum absolute atomic E-state index is 0.141. The molecule has 1 aromatic rings. The highest BCUT2D eigenvalue weighted by Crippen LogP contribution is 2.32. The smallest absolute Gasteiger partial charge is 0.227 e. The summed E-state index contributed by atoms with van der Waals surface area (Å²) in [5, 5.41) is 0.639. The van der Waals surface area contributed by atoms with Gasteiger partial charge in [-0.1, -0.05) is 11.6 Å². The molecule has 0 saturated carbocycles. The zero-order valence-corrected chi connectivity index (χ0v) is 12.3. The van der Waals surface area contributed by atoms with Gasteiger partial charge in [-0.05, 0) is 52.5 Å². The number of hydrogen-bond donors (Lipinski definition) is 1. The van der Waals surface area contributed by atoms with E-state index in [1.807, 2.05) is 18.2 Å². The normalized spacial score (nSPS) is 20.6. The van der Waals surface area contributed by atoms with Crippen LogP contribution in [0.4, 0.5) is 5.69 Å². The van der Waals surface area contributed by atoms with Gasteiger partial charge in [0.05, 0.1) is 10.7 Å². The monoisotopic (exact) mass is 367 g/mol. The van der Waals surface area contributed by atoms with E-state index in [-0.39, 0.29) is 5.91 Å². The Morgan fingerprint density at radius 1 is 1.56 bits per heavy atom. The first-order valence-electron chi connectivity index (χ1n) is 4.98. The Kier molecular flexibility index (Phi) is 4.02. The average molecular weight is 368 g/mol. The number of halogens is 2. The van der Waals surface area contributed by atoms with Crippen molar-refractivity contribution in [2.45, 2.75) is 6.42 Å². The van der Waals surface area contributed by atoms with Gasteiger partial charge in [0, 0.05) is 16.5 Å². The second-order valence-electron chi connectivity index (χ2n) is 3.85. The number of benzene rings is 1. The molecule has 0 spiro atoms. The number of amides is 1. The van der Waals surface area contributed by atoms with Crippen LogP contribution in [0.15, 0.2) is 18.2 Å². The lowest BCUT2D eigenvalue weighted by atomic mass is 10.1. The van der Waals surface area contributed by atoms with Crippen LogP contribution in [0.25, 0.3) is 0 Å². The highest BCUT2D eigenvalue weighted by molar-refractivity contribution is 14.1. The molecule has 86 valence electrons. The third-order valence-electron chi connectivity index (χ3n) is 2.66.